The van der Waals surface area contributed by atoms with Gasteiger partial charge in [0.05, 0.1) is 5.69 Å². The van der Waals surface area contributed by atoms with Crippen LogP contribution in [0.5, 0.6) is 5.75 Å². The predicted molar refractivity (Wildman–Crippen MR) is 110 cm³/mol. The Bertz CT molecular complexity index is 775. The van der Waals surface area contributed by atoms with Crippen molar-refractivity contribution < 1.29 is 9.53 Å². The molecule has 0 radical (unpaired) electrons. The fourth-order valence-electron chi connectivity index (χ4n) is 3.06. The minimum atomic E-state index is -0.0482. The number of aromatic nitrogens is 2. The minimum Gasteiger partial charge on any atom is -0.492 e. The molecule has 1 aromatic carbocycles. The van der Waals surface area contributed by atoms with Gasteiger partial charge >= 0.3 is 0 Å². The highest BCUT2D eigenvalue weighted by Gasteiger charge is 2.30. The molecule has 1 amide bonds. The number of benzene rings is 1. The normalized spacial score (nSPS) is 13.5. The molecule has 0 aliphatic carbocycles. The molecule has 8 heteroatoms. The summed E-state index contributed by atoms with van der Waals surface area (Å²) in [6.45, 7) is 7.39. The number of imidazole rings is 1. The maximum Gasteiger partial charge on any atom is 0.289 e. The third-order valence-corrected chi connectivity index (χ3v) is 4.75. The summed E-state index contributed by atoms with van der Waals surface area (Å²) in [7, 11) is 0. The number of nitrogens with zero attached hydrogens (tertiary/aromatic N) is 3. The Balaban J connectivity index is 0.00000261. The smallest absolute Gasteiger partial charge is 0.289 e. The van der Waals surface area contributed by atoms with Gasteiger partial charge in [-0.05, 0) is 36.6 Å². The third kappa shape index (κ3) is 4.75. The fourth-order valence-corrected chi connectivity index (χ4v) is 3.35. The van der Waals surface area contributed by atoms with Gasteiger partial charge in [0.1, 0.15) is 12.4 Å². The molecule has 0 saturated carbocycles. The van der Waals surface area contributed by atoms with E-state index in [1.165, 1.54) is 0 Å². The number of hydrogen-bond donors (Lipinski definition) is 1. The zero-order valence-electron chi connectivity index (χ0n) is 15.7. The van der Waals surface area contributed by atoms with Crippen LogP contribution in [0.25, 0.3) is 11.3 Å². The Morgan fingerprint density at radius 1 is 1.26 bits per heavy atom. The third-order valence-electron chi connectivity index (χ3n) is 4.49. The maximum absolute atomic E-state index is 12.8. The van der Waals surface area contributed by atoms with Gasteiger partial charge in [0.25, 0.3) is 5.91 Å². The molecule has 0 atom stereocenters. The van der Waals surface area contributed by atoms with Crippen molar-refractivity contribution >= 4 is 29.9 Å². The number of fused-ring (bicyclic) bond motifs is 1. The van der Waals surface area contributed by atoms with Gasteiger partial charge in [-0.25, -0.2) is 4.98 Å². The first-order chi connectivity index (χ1) is 12.5. The number of ether oxygens (including phenoxy) is 1. The SMILES string of the molecule is CC(C)CCN1CCn2c(nc(Cl)c2-c2ccc(OCCN)cc2)C1=O.Cl. The molecule has 0 saturated heterocycles. The van der Waals surface area contributed by atoms with Crippen molar-refractivity contribution in [2.45, 2.75) is 26.8 Å². The molecular formula is C19H26Cl2N4O2. The number of nitrogens with two attached hydrogens (primary N) is 1. The highest BCUT2D eigenvalue weighted by Crippen LogP contribution is 2.32. The summed E-state index contributed by atoms with van der Waals surface area (Å²) in [4.78, 5) is 19.0. The van der Waals surface area contributed by atoms with E-state index < -0.39 is 0 Å². The molecule has 6 nitrogen and oxygen atoms in total. The molecule has 2 aromatic rings. The monoisotopic (exact) mass is 412 g/mol. The Kier molecular flexibility index (Phi) is 7.53. The Morgan fingerprint density at radius 2 is 1.96 bits per heavy atom. The van der Waals surface area contributed by atoms with Crippen molar-refractivity contribution in [2.24, 2.45) is 11.7 Å². The zero-order chi connectivity index (χ0) is 18.7. The molecule has 1 aliphatic heterocycles. The maximum atomic E-state index is 12.8. The van der Waals surface area contributed by atoms with Crippen molar-refractivity contribution in [3.63, 3.8) is 0 Å². The van der Waals surface area contributed by atoms with Crippen molar-refractivity contribution in [1.82, 2.24) is 14.5 Å². The first-order valence-electron chi connectivity index (χ1n) is 9.00. The van der Waals surface area contributed by atoms with Gasteiger partial charge in [0, 0.05) is 31.7 Å². The van der Waals surface area contributed by atoms with Crippen LogP contribution in [-0.4, -0.2) is 46.6 Å². The number of hydrogen-bond acceptors (Lipinski definition) is 4. The molecule has 0 bridgehead atoms. The van der Waals surface area contributed by atoms with E-state index in [0.29, 0.717) is 43.1 Å². The number of amides is 1. The molecule has 1 aromatic heterocycles. The summed E-state index contributed by atoms with van der Waals surface area (Å²) in [5.74, 6) is 1.68. The summed E-state index contributed by atoms with van der Waals surface area (Å²) in [5, 5.41) is 0.356. The summed E-state index contributed by atoms with van der Waals surface area (Å²) in [5.41, 5.74) is 7.15. The highest BCUT2D eigenvalue weighted by atomic mass is 35.5. The molecule has 2 heterocycles. The fraction of sp³-hybridized carbons (Fsp3) is 0.474. The van der Waals surface area contributed by atoms with Crippen LogP contribution >= 0.6 is 24.0 Å². The first kappa shape index (κ1) is 21.5. The summed E-state index contributed by atoms with van der Waals surface area (Å²) in [6, 6.07) is 7.61. The highest BCUT2D eigenvalue weighted by molar-refractivity contribution is 6.32. The molecule has 148 valence electrons. The summed E-state index contributed by atoms with van der Waals surface area (Å²) in [6.07, 6.45) is 0.983. The van der Waals surface area contributed by atoms with E-state index in [4.69, 9.17) is 22.1 Å². The van der Waals surface area contributed by atoms with Crippen LogP contribution in [0, 0.1) is 5.92 Å². The second kappa shape index (κ2) is 9.44. The van der Waals surface area contributed by atoms with Crippen molar-refractivity contribution in [2.75, 3.05) is 26.2 Å². The van der Waals surface area contributed by atoms with Gasteiger partial charge in [0.15, 0.2) is 5.15 Å². The van der Waals surface area contributed by atoms with E-state index in [9.17, 15) is 4.79 Å². The number of rotatable bonds is 7. The summed E-state index contributed by atoms with van der Waals surface area (Å²) >= 11 is 6.38. The van der Waals surface area contributed by atoms with Gasteiger partial charge in [-0.3, -0.25) is 4.79 Å². The quantitative estimate of drug-likeness (QED) is 0.755. The summed E-state index contributed by atoms with van der Waals surface area (Å²) < 4.78 is 7.43. The molecule has 3 rings (SSSR count). The van der Waals surface area contributed by atoms with Crippen LogP contribution in [0.2, 0.25) is 5.15 Å². The molecule has 1 aliphatic rings. The van der Waals surface area contributed by atoms with Crippen molar-refractivity contribution in [1.29, 1.82) is 0 Å². The Hall–Kier alpha value is -1.76. The van der Waals surface area contributed by atoms with E-state index >= 15 is 0 Å². The lowest BCUT2D eigenvalue weighted by molar-refractivity contribution is 0.0690. The topological polar surface area (TPSA) is 73.4 Å². The molecule has 0 spiro atoms. The largest absolute Gasteiger partial charge is 0.492 e. The van der Waals surface area contributed by atoms with E-state index in [2.05, 4.69) is 18.8 Å². The van der Waals surface area contributed by atoms with E-state index in [1.54, 1.807) is 0 Å². The number of carbonyl (C=O) groups excluding carboxylic acids is 1. The lowest BCUT2D eigenvalue weighted by Gasteiger charge is -2.28. The van der Waals surface area contributed by atoms with E-state index in [0.717, 1.165) is 30.0 Å². The van der Waals surface area contributed by atoms with Gasteiger partial charge in [-0.15, -0.1) is 12.4 Å². The van der Waals surface area contributed by atoms with Crippen LogP contribution in [0.15, 0.2) is 24.3 Å². The minimum absolute atomic E-state index is 0. The second-order valence-electron chi connectivity index (χ2n) is 6.86. The number of halogens is 2. The van der Waals surface area contributed by atoms with Crippen LogP contribution in [0.3, 0.4) is 0 Å². The predicted octanol–water partition coefficient (Wildman–Crippen LogP) is 3.46. The van der Waals surface area contributed by atoms with Gasteiger partial charge < -0.3 is 19.9 Å². The molecule has 2 N–H and O–H groups in total. The molecule has 0 unspecified atom stereocenters. The van der Waals surface area contributed by atoms with Crippen molar-refractivity contribution in [3.8, 4) is 17.0 Å². The van der Waals surface area contributed by atoms with Crippen molar-refractivity contribution in [3.05, 3.63) is 35.2 Å². The van der Waals surface area contributed by atoms with Gasteiger partial charge in [-0.1, -0.05) is 25.4 Å². The lowest BCUT2D eigenvalue weighted by Crippen LogP contribution is -2.41. The first-order valence-corrected chi connectivity index (χ1v) is 9.37. The van der Waals surface area contributed by atoms with Crippen LogP contribution in [0.4, 0.5) is 0 Å². The van der Waals surface area contributed by atoms with Crippen LogP contribution in [-0.2, 0) is 6.54 Å². The standard InChI is InChI=1S/C19H25ClN4O2.ClH/c1-13(2)7-9-23-10-11-24-16(17(20)22-18(24)19(23)25)14-3-5-15(6-4-14)26-12-8-21;/h3-6,13H,7-12,21H2,1-2H3;1H. The van der Waals surface area contributed by atoms with Gasteiger partial charge in [-0.2, -0.15) is 0 Å². The molecule has 27 heavy (non-hydrogen) atoms. The average Bonchev–Trinajstić information content (AvgIpc) is 2.96. The van der Waals surface area contributed by atoms with Crippen LogP contribution < -0.4 is 10.5 Å². The number of carbonyl (C=O) groups is 1. The lowest BCUT2D eigenvalue weighted by atomic mass is 10.1. The zero-order valence-corrected chi connectivity index (χ0v) is 17.2. The molecular weight excluding hydrogens is 387 g/mol. The second-order valence-corrected chi connectivity index (χ2v) is 7.22. The van der Waals surface area contributed by atoms with Gasteiger partial charge in [0.2, 0.25) is 5.82 Å². The Morgan fingerprint density at radius 3 is 2.59 bits per heavy atom. The molecule has 0 fully saturated rings. The van der Waals surface area contributed by atoms with Crippen LogP contribution in [0.1, 0.15) is 30.9 Å². The van der Waals surface area contributed by atoms with E-state index in [1.807, 2.05) is 33.7 Å². The van der Waals surface area contributed by atoms with E-state index in [-0.39, 0.29) is 18.3 Å². The Labute approximate surface area is 171 Å². The average molecular weight is 413 g/mol.